The molecule has 144 valence electrons. The van der Waals surface area contributed by atoms with Crippen LogP contribution in [0.25, 0.3) is 23.4 Å². The Kier molecular flexibility index (Phi) is 7.89. The molecular weight excluding hydrogens is 340 g/mol. The summed E-state index contributed by atoms with van der Waals surface area (Å²) < 4.78 is 12.3. The number of hydrogen-bond donors (Lipinski definition) is 1. The second-order valence-corrected chi connectivity index (χ2v) is 6.01. The third-order valence-electron chi connectivity index (χ3n) is 4.08. The lowest BCUT2D eigenvalue weighted by Gasteiger charge is -2.12. The molecule has 1 amide bonds. The molecule has 0 spiro atoms. The van der Waals surface area contributed by atoms with Crippen molar-refractivity contribution >= 4 is 23.9 Å². The molecule has 5 nitrogen and oxygen atoms in total. The van der Waals surface area contributed by atoms with Crippen LogP contribution in [-0.4, -0.2) is 31.0 Å². The van der Waals surface area contributed by atoms with Crippen molar-refractivity contribution in [1.82, 2.24) is 4.57 Å². The number of carbonyl (C=O) groups is 1. The fraction of sp³-hybridized carbons (Fsp3) is 0.318. The fourth-order valence-electron chi connectivity index (χ4n) is 2.90. The van der Waals surface area contributed by atoms with E-state index in [4.69, 9.17) is 9.47 Å². The van der Waals surface area contributed by atoms with E-state index in [1.807, 2.05) is 36.4 Å². The molecule has 0 aliphatic heterocycles. The Balaban J connectivity index is 2.36. The summed E-state index contributed by atoms with van der Waals surface area (Å²) in [7, 11) is 1.68. The fourth-order valence-corrected chi connectivity index (χ4v) is 2.90. The molecule has 0 saturated carbocycles. The molecule has 0 saturated heterocycles. The average Bonchev–Trinajstić information content (AvgIpc) is 3.01. The largest absolute Gasteiger partial charge is 0.450 e. The number of carbonyl (C=O) groups excluding carboxylic acids is 1. The van der Waals surface area contributed by atoms with E-state index in [1.165, 1.54) is 0 Å². The Bertz CT molecular complexity index is 789. The summed E-state index contributed by atoms with van der Waals surface area (Å²) in [5.41, 5.74) is 5.10. The molecule has 0 unspecified atom stereocenters. The van der Waals surface area contributed by atoms with Crippen LogP contribution in [0.3, 0.4) is 0 Å². The first-order chi connectivity index (χ1) is 13.1. The van der Waals surface area contributed by atoms with E-state index in [1.54, 1.807) is 14.0 Å². The lowest BCUT2D eigenvalue weighted by atomic mass is 10.1. The van der Waals surface area contributed by atoms with Gasteiger partial charge < -0.3 is 14.0 Å². The zero-order chi connectivity index (χ0) is 19.6. The van der Waals surface area contributed by atoms with Gasteiger partial charge in [0.05, 0.1) is 13.2 Å². The number of aromatic nitrogens is 1. The van der Waals surface area contributed by atoms with Crippen molar-refractivity contribution < 1.29 is 14.3 Å². The summed E-state index contributed by atoms with van der Waals surface area (Å²) >= 11 is 0. The Labute approximate surface area is 161 Å². The standard InChI is InChI=1S/C22H28N2O3/c1-5-14-24-20(9-8-15-26-4)17(6-2)16-21(24)18-10-12-19(13-11-18)23-22(25)27-7-3/h6,8-13,16H,2,5,7,14-15H2,1,3-4H3,(H,23,25)/b9-8-. The predicted molar refractivity (Wildman–Crippen MR) is 112 cm³/mol. The average molecular weight is 368 g/mol. The smallest absolute Gasteiger partial charge is 0.411 e. The van der Waals surface area contributed by atoms with E-state index >= 15 is 0 Å². The highest BCUT2D eigenvalue weighted by Gasteiger charge is 2.13. The molecule has 1 heterocycles. The Morgan fingerprint density at radius 3 is 2.59 bits per heavy atom. The van der Waals surface area contributed by atoms with Crippen LogP contribution in [0.4, 0.5) is 10.5 Å². The van der Waals surface area contributed by atoms with Crippen LogP contribution in [0.5, 0.6) is 0 Å². The van der Waals surface area contributed by atoms with Crippen LogP contribution in [0.2, 0.25) is 0 Å². The number of anilines is 1. The van der Waals surface area contributed by atoms with E-state index in [0.29, 0.717) is 18.9 Å². The van der Waals surface area contributed by atoms with Gasteiger partial charge >= 0.3 is 6.09 Å². The zero-order valence-electron chi connectivity index (χ0n) is 16.3. The first kappa shape index (κ1) is 20.5. The summed E-state index contributed by atoms with van der Waals surface area (Å²) in [5, 5.41) is 2.71. The molecule has 0 aliphatic carbocycles. The number of ether oxygens (including phenoxy) is 2. The second kappa shape index (κ2) is 10.4. The molecule has 0 radical (unpaired) electrons. The SMILES string of the molecule is C=Cc1cc(-c2ccc(NC(=O)OCC)cc2)n(CCC)c1/C=C\COC. The van der Waals surface area contributed by atoms with Gasteiger partial charge in [0.2, 0.25) is 0 Å². The van der Waals surface area contributed by atoms with E-state index in [-0.39, 0.29) is 0 Å². The molecule has 0 bridgehead atoms. The monoisotopic (exact) mass is 368 g/mol. The molecule has 1 aromatic carbocycles. The van der Waals surface area contributed by atoms with Gasteiger partial charge in [0.1, 0.15) is 0 Å². The molecule has 5 heteroatoms. The number of hydrogen-bond acceptors (Lipinski definition) is 3. The minimum absolute atomic E-state index is 0.345. The maximum absolute atomic E-state index is 11.6. The Morgan fingerprint density at radius 1 is 1.26 bits per heavy atom. The highest BCUT2D eigenvalue weighted by Crippen LogP contribution is 2.29. The third kappa shape index (κ3) is 5.34. The van der Waals surface area contributed by atoms with Gasteiger partial charge in [-0.15, -0.1) is 0 Å². The van der Waals surface area contributed by atoms with Gasteiger partial charge in [-0.2, -0.15) is 0 Å². The molecule has 2 aromatic rings. The van der Waals surface area contributed by atoms with E-state index < -0.39 is 6.09 Å². The van der Waals surface area contributed by atoms with Crippen molar-refractivity contribution in [2.45, 2.75) is 26.8 Å². The highest BCUT2D eigenvalue weighted by molar-refractivity contribution is 5.85. The van der Waals surface area contributed by atoms with Crippen molar-refractivity contribution in [2.75, 3.05) is 25.6 Å². The molecule has 0 atom stereocenters. The first-order valence-corrected chi connectivity index (χ1v) is 9.20. The summed E-state index contributed by atoms with van der Waals surface area (Å²) in [6.07, 6.45) is 6.53. The zero-order valence-corrected chi connectivity index (χ0v) is 16.3. The van der Waals surface area contributed by atoms with Crippen molar-refractivity contribution in [3.8, 4) is 11.3 Å². The van der Waals surface area contributed by atoms with Crippen LogP contribution in [0.1, 0.15) is 31.5 Å². The molecule has 0 aliphatic rings. The highest BCUT2D eigenvalue weighted by atomic mass is 16.5. The van der Waals surface area contributed by atoms with Crippen molar-refractivity contribution in [1.29, 1.82) is 0 Å². The number of nitrogens with zero attached hydrogens (tertiary/aromatic N) is 1. The van der Waals surface area contributed by atoms with Crippen LogP contribution >= 0.6 is 0 Å². The predicted octanol–water partition coefficient (Wildman–Crippen LogP) is 5.44. The minimum atomic E-state index is -0.445. The molecular formula is C22H28N2O3. The van der Waals surface area contributed by atoms with Crippen LogP contribution in [0, 0.1) is 0 Å². The van der Waals surface area contributed by atoms with Gasteiger partial charge in [-0.25, -0.2) is 4.79 Å². The van der Waals surface area contributed by atoms with Gasteiger partial charge in [-0.3, -0.25) is 5.32 Å². The first-order valence-electron chi connectivity index (χ1n) is 9.20. The molecule has 27 heavy (non-hydrogen) atoms. The van der Waals surface area contributed by atoms with E-state index in [2.05, 4.69) is 35.5 Å². The minimum Gasteiger partial charge on any atom is -0.450 e. The number of rotatable bonds is 9. The quantitative estimate of drug-likeness (QED) is 0.641. The Morgan fingerprint density at radius 2 is 2.00 bits per heavy atom. The number of nitrogens with one attached hydrogen (secondary N) is 1. The molecule has 0 fully saturated rings. The Hall–Kier alpha value is -2.79. The third-order valence-corrected chi connectivity index (χ3v) is 4.08. The normalized spacial score (nSPS) is 10.9. The summed E-state index contributed by atoms with van der Waals surface area (Å²) in [4.78, 5) is 11.6. The van der Waals surface area contributed by atoms with Crippen molar-refractivity contribution in [2.24, 2.45) is 0 Å². The number of benzene rings is 1. The summed E-state index contributed by atoms with van der Waals surface area (Å²) in [6.45, 7) is 9.70. The molecule has 1 N–H and O–H groups in total. The van der Waals surface area contributed by atoms with Gasteiger partial charge in [0, 0.05) is 30.7 Å². The van der Waals surface area contributed by atoms with Crippen LogP contribution < -0.4 is 5.32 Å². The van der Waals surface area contributed by atoms with Gasteiger partial charge in [-0.1, -0.05) is 37.8 Å². The second-order valence-electron chi connectivity index (χ2n) is 6.01. The maximum Gasteiger partial charge on any atom is 0.411 e. The molecule has 1 aromatic heterocycles. The van der Waals surface area contributed by atoms with E-state index in [9.17, 15) is 4.79 Å². The number of methoxy groups -OCH3 is 1. The number of amides is 1. The maximum atomic E-state index is 11.6. The van der Waals surface area contributed by atoms with Gasteiger partial charge in [0.25, 0.3) is 0 Å². The summed E-state index contributed by atoms with van der Waals surface area (Å²) in [5.74, 6) is 0. The topological polar surface area (TPSA) is 52.5 Å². The van der Waals surface area contributed by atoms with Crippen LogP contribution in [-0.2, 0) is 16.0 Å². The lowest BCUT2D eigenvalue weighted by Crippen LogP contribution is -2.13. The van der Waals surface area contributed by atoms with Gasteiger partial charge in [0.15, 0.2) is 0 Å². The van der Waals surface area contributed by atoms with E-state index in [0.717, 1.165) is 35.5 Å². The summed E-state index contributed by atoms with van der Waals surface area (Å²) in [6, 6.07) is 9.90. The van der Waals surface area contributed by atoms with Gasteiger partial charge in [-0.05, 0) is 48.7 Å². The molecule has 2 rings (SSSR count). The lowest BCUT2D eigenvalue weighted by molar-refractivity contribution is 0.168. The van der Waals surface area contributed by atoms with Crippen molar-refractivity contribution in [3.63, 3.8) is 0 Å². The van der Waals surface area contributed by atoms with Crippen LogP contribution in [0.15, 0.2) is 43.0 Å². The van der Waals surface area contributed by atoms with Crippen molar-refractivity contribution in [3.05, 3.63) is 54.2 Å².